The first-order valence-corrected chi connectivity index (χ1v) is 4.95. The molecule has 80 valence electrons. The van der Waals surface area contributed by atoms with Gasteiger partial charge >= 0.3 is 0 Å². The van der Waals surface area contributed by atoms with Crippen molar-refractivity contribution in [3.05, 3.63) is 0 Å². The fourth-order valence-electron chi connectivity index (χ4n) is 1.76. The monoisotopic (exact) mass is 199 g/mol. The van der Waals surface area contributed by atoms with Crippen molar-refractivity contribution < 1.29 is 9.59 Å². The van der Waals surface area contributed by atoms with Gasteiger partial charge in [-0.25, -0.2) is 0 Å². The summed E-state index contributed by atoms with van der Waals surface area (Å²) in [6, 6.07) is -0.450. The van der Waals surface area contributed by atoms with Crippen molar-refractivity contribution in [3.63, 3.8) is 0 Å². The number of carbonyl (C=O) groups excluding carboxylic acids is 2. The lowest BCUT2D eigenvalue weighted by molar-refractivity contribution is -0.136. The van der Waals surface area contributed by atoms with E-state index < -0.39 is 11.9 Å². The van der Waals surface area contributed by atoms with E-state index in [0.717, 1.165) is 12.8 Å². The van der Waals surface area contributed by atoms with Gasteiger partial charge in [0.1, 0.15) is 6.04 Å². The van der Waals surface area contributed by atoms with Crippen LogP contribution in [-0.2, 0) is 9.59 Å². The van der Waals surface area contributed by atoms with Crippen LogP contribution in [0.4, 0.5) is 0 Å². The van der Waals surface area contributed by atoms with E-state index in [1.54, 1.807) is 4.90 Å². The third-order valence-corrected chi connectivity index (χ3v) is 2.50. The maximum absolute atomic E-state index is 11.4. The fraction of sp³-hybridized carbons (Fsp3) is 0.778. The predicted molar refractivity (Wildman–Crippen MR) is 52.2 cm³/mol. The van der Waals surface area contributed by atoms with Gasteiger partial charge in [0, 0.05) is 13.0 Å². The van der Waals surface area contributed by atoms with Crippen LogP contribution in [0.15, 0.2) is 0 Å². The van der Waals surface area contributed by atoms with Crippen molar-refractivity contribution in [3.8, 4) is 0 Å². The average molecular weight is 199 g/mol. The van der Waals surface area contributed by atoms with E-state index in [0.29, 0.717) is 25.9 Å². The maximum atomic E-state index is 11.4. The Morgan fingerprint density at radius 1 is 1.57 bits per heavy atom. The molecule has 1 fully saturated rings. The molecule has 1 aliphatic rings. The Morgan fingerprint density at radius 2 is 2.29 bits per heavy atom. The number of nitrogens with zero attached hydrogens (tertiary/aromatic N) is 1. The highest BCUT2D eigenvalue weighted by molar-refractivity contribution is 5.87. The van der Waals surface area contributed by atoms with Crippen LogP contribution in [0.2, 0.25) is 0 Å². The van der Waals surface area contributed by atoms with Crippen LogP contribution >= 0.6 is 0 Å². The zero-order valence-electron chi connectivity index (χ0n) is 8.24. The second kappa shape index (κ2) is 4.95. The summed E-state index contributed by atoms with van der Waals surface area (Å²) in [5.41, 5.74) is 10.6. The van der Waals surface area contributed by atoms with E-state index in [1.165, 1.54) is 0 Å². The van der Waals surface area contributed by atoms with Crippen LogP contribution in [0.5, 0.6) is 0 Å². The maximum Gasteiger partial charge on any atom is 0.240 e. The van der Waals surface area contributed by atoms with Gasteiger partial charge in [-0.15, -0.1) is 0 Å². The van der Waals surface area contributed by atoms with E-state index in [2.05, 4.69) is 0 Å². The second-order valence-electron chi connectivity index (χ2n) is 3.54. The van der Waals surface area contributed by atoms with Gasteiger partial charge in [0.05, 0.1) is 0 Å². The number of hydrogen-bond donors (Lipinski definition) is 2. The number of rotatable bonds is 5. The van der Waals surface area contributed by atoms with E-state index in [4.69, 9.17) is 11.5 Å². The summed E-state index contributed by atoms with van der Waals surface area (Å²) in [6.07, 6.45) is 2.66. The smallest absolute Gasteiger partial charge is 0.240 e. The third kappa shape index (κ3) is 2.45. The van der Waals surface area contributed by atoms with Crippen LogP contribution in [0, 0.1) is 0 Å². The van der Waals surface area contributed by atoms with Gasteiger partial charge in [-0.2, -0.15) is 0 Å². The Kier molecular flexibility index (Phi) is 3.88. The van der Waals surface area contributed by atoms with Gasteiger partial charge in [-0.05, 0) is 25.8 Å². The Labute approximate surface area is 83.4 Å². The lowest BCUT2D eigenvalue weighted by Crippen LogP contribution is -2.45. The summed E-state index contributed by atoms with van der Waals surface area (Å²) in [6.45, 7) is 1.17. The zero-order valence-corrected chi connectivity index (χ0v) is 8.24. The number of primary amides is 1. The topological polar surface area (TPSA) is 89.4 Å². The summed E-state index contributed by atoms with van der Waals surface area (Å²) in [4.78, 5) is 24.1. The second-order valence-corrected chi connectivity index (χ2v) is 3.54. The summed E-state index contributed by atoms with van der Waals surface area (Å²) < 4.78 is 0. The molecule has 0 aliphatic carbocycles. The number of carbonyl (C=O) groups is 2. The van der Waals surface area contributed by atoms with E-state index in [9.17, 15) is 9.59 Å². The van der Waals surface area contributed by atoms with Gasteiger partial charge < -0.3 is 16.4 Å². The molecule has 1 saturated heterocycles. The minimum atomic E-state index is -0.450. The third-order valence-electron chi connectivity index (χ3n) is 2.50. The standard InChI is InChI=1S/C9H17N3O2/c10-5-1-3-7(9(11)14)12-6-2-4-8(12)13/h7H,1-6,10H2,(H2,11,14). The van der Waals surface area contributed by atoms with Crippen molar-refractivity contribution in [1.29, 1.82) is 0 Å². The number of hydrogen-bond acceptors (Lipinski definition) is 3. The molecule has 0 spiro atoms. The van der Waals surface area contributed by atoms with Crippen molar-refractivity contribution in [1.82, 2.24) is 4.90 Å². The molecular weight excluding hydrogens is 182 g/mol. The van der Waals surface area contributed by atoms with Gasteiger partial charge in [-0.3, -0.25) is 9.59 Å². The molecule has 0 aromatic carbocycles. The SMILES string of the molecule is NCCCC(C(N)=O)N1CCCC1=O. The van der Waals surface area contributed by atoms with Crippen LogP contribution in [-0.4, -0.2) is 35.8 Å². The summed E-state index contributed by atoms with van der Waals surface area (Å²) >= 11 is 0. The summed E-state index contributed by atoms with van der Waals surface area (Å²) in [5.74, 6) is -0.389. The lowest BCUT2D eigenvalue weighted by atomic mass is 10.1. The van der Waals surface area contributed by atoms with Gasteiger partial charge in [0.25, 0.3) is 0 Å². The summed E-state index contributed by atoms with van der Waals surface area (Å²) in [5, 5.41) is 0. The lowest BCUT2D eigenvalue weighted by Gasteiger charge is -2.24. The van der Waals surface area contributed by atoms with Crippen LogP contribution < -0.4 is 11.5 Å². The molecule has 1 unspecified atom stereocenters. The normalized spacial score (nSPS) is 18.6. The van der Waals surface area contributed by atoms with E-state index in [-0.39, 0.29) is 5.91 Å². The molecular formula is C9H17N3O2. The van der Waals surface area contributed by atoms with Crippen LogP contribution in [0.1, 0.15) is 25.7 Å². The summed E-state index contributed by atoms with van der Waals surface area (Å²) in [7, 11) is 0. The van der Waals surface area contributed by atoms with Crippen molar-refractivity contribution >= 4 is 11.8 Å². The van der Waals surface area contributed by atoms with Gasteiger partial charge in [0.2, 0.25) is 11.8 Å². The molecule has 1 aliphatic heterocycles. The molecule has 0 bridgehead atoms. The van der Waals surface area contributed by atoms with Crippen molar-refractivity contribution in [2.45, 2.75) is 31.7 Å². The molecule has 5 nitrogen and oxygen atoms in total. The number of nitrogens with two attached hydrogens (primary N) is 2. The number of likely N-dealkylation sites (tertiary alicyclic amines) is 1. The Morgan fingerprint density at radius 3 is 2.71 bits per heavy atom. The van der Waals surface area contributed by atoms with Crippen molar-refractivity contribution in [2.24, 2.45) is 11.5 Å². The van der Waals surface area contributed by atoms with E-state index >= 15 is 0 Å². The van der Waals surface area contributed by atoms with Crippen molar-refractivity contribution in [2.75, 3.05) is 13.1 Å². The highest BCUT2D eigenvalue weighted by Crippen LogP contribution is 2.16. The first-order chi connectivity index (χ1) is 6.66. The van der Waals surface area contributed by atoms with Gasteiger partial charge in [0.15, 0.2) is 0 Å². The Hall–Kier alpha value is -1.10. The van der Waals surface area contributed by atoms with Crippen LogP contribution in [0.25, 0.3) is 0 Å². The molecule has 4 N–H and O–H groups in total. The molecule has 0 aromatic rings. The molecule has 0 radical (unpaired) electrons. The average Bonchev–Trinajstić information content (AvgIpc) is 2.52. The molecule has 14 heavy (non-hydrogen) atoms. The van der Waals surface area contributed by atoms with Gasteiger partial charge in [-0.1, -0.05) is 0 Å². The van der Waals surface area contributed by atoms with E-state index in [1.807, 2.05) is 0 Å². The molecule has 1 atom stereocenters. The van der Waals surface area contributed by atoms with Crippen LogP contribution in [0.3, 0.4) is 0 Å². The number of amides is 2. The molecule has 5 heteroatoms. The Bertz CT molecular complexity index is 230. The molecule has 0 aromatic heterocycles. The minimum absolute atomic E-state index is 0.0332. The Balaban J connectivity index is 2.57. The minimum Gasteiger partial charge on any atom is -0.368 e. The predicted octanol–water partition coefficient (Wildman–Crippen LogP) is -0.798. The molecule has 1 rings (SSSR count). The highest BCUT2D eigenvalue weighted by Gasteiger charge is 2.30. The zero-order chi connectivity index (χ0) is 10.6. The molecule has 1 heterocycles. The first-order valence-electron chi connectivity index (χ1n) is 4.95. The molecule has 0 saturated carbocycles. The largest absolute Gasteiger partial charge is 0.368 e. The first kappa shape index (κ1) is 11.0. The highest BCUT2D eigenvalue weighted by atomic mass is 16.2. The fourth-order valence-corrected chi connectivity index (χ4v) is 1.76. The quantitative estimate of drug-likeness (QED) is 0.607. The molecule has 2 amide bonds.